The highest BCUT2D eigenvalue weighted by atomic mass is 16.2. The lowest BCUT2D eigenvalue weighted by atomic mass is 10.2. The molecule has 1 aromatic heterocycles. The van der Waals surface area contributed by atoms with Crippen molar-refractivity contribution in [3.8, 4) is 0 Å². The van der Waals surface area contributed by atoms with Crippen LogP contribution in [0.5, 0.6) is 0 Å². The number of amides is 2. The van der Waals surface area contributed by atoms with Gasteiger partial charge < -0.3 is 0 Å². The second kappa shape index (κ2) is 5.41. The highest BCUT2D eigenvalue weighted by molar-refractivity contribution is 6.22. The highest BCUT2D eigenvalue weighted by Crippen LogP contribution is 2.23. The van der Waals surface area contributed by atoms with Gasteiger partial charge in [0.15, 0.2) is 5.82 Å². The molecule has 21 heavy (non-hydrogen) atoms. The summed E-state index contributed by atoms with van der Waals surface area (Å²) in [4.78, 5) is 25.7. The number of anilines is 1. The van der Waals surface area contributed by atoms with Crippen LogP contribution in [0.15, 0.2) is 30.3 Å². The zero-order chi connectivity index (χ0) is 14.8. The van der Waals surface area contributed by atoms with Crippen LogP contribution in [-0.2, 0) is 9.59 Å². The first-order valence-electron chi connectivity index (χ1n) is 6.58. The number of nitrogens with zero attached hydrogens (tertiary/aromatic N) is 4. The van der Waals surface area contributed by atoms with Gasteiger partial charge in [-0.1, -0.05) is 23.4 Å². The highest BCUT2D eigenvalue weighted by Gasteiger charge is 2.40. The quantitative estimate of drug-likeness (QED) is 0.777. The van der Waals surface area contributed by atoms with Crippen molar-refractivity contribution in [1.29, 1.82) is 0 Å². The monoisotopic (exact) mass is 286 g/mol. The van der Waals surface area contributed by atoms with Crippen LogP contribution >= 0.6 is 0 Å². The van der Waals surface area contributed by atoms with Crippen molar-refractivity contribution in [3.63, 3.8) is 0 Å². The Morgan fingerprint density at radius 1 is 1.33 bits per heavy atom. The fraction of sp³-hybridized carbons (Fsp3) is 0.308. The molecule has 2 heterocycles. The van der Waals surface area contributed by atoms with Crippen molar-refractivity contribution in [1.82, 2.24) is 25.9 Å². The van der Waals surface area contributed by atoms with Gasteiger partial charge >= 0.3 is 0 Å². The Hall–Kier alpha value is -2.61. The van der Waals surface area contributed by atoms with Crippen LogP contribution in [-0.4, -0.2) is 38.5 Å². The van der Waals surface area contributed by atoms with E-state index in [1.807, 2.05) is 13.0 Å². The van der Waals surface area contributed by atoms with Crippen molar-refractivity contribution >= 4 is 17.5 Å². The van der Waals surface area contributed by atoms with Gasteiger partial charge in [0, 0.05) is 0 Å². The Balaban J connectivity index is 1.75. The molecule has 0 spiro atoms. The molecule has 2 unspecified atom stereocenters. The van der Waals surface area contributed by atoms with Gasteiger partial charge in [0.1, 0.15) is 0 Å². The molecule has 2 aromatic rings. The third-order valence-corrected chi connectivity index (χ3v) is 3.36. The van der Waals surface area contributed by atoms with Crippen LogP contribution in [0, 0.1) is 0 Å². The fourth-order valence-electron chi connectivity index (χ4n) is 2.34. The predicted octanol–water partition coefficient (Wildman–Crippen LogP) is 0.182. The summed E-state index contributed by atoms with van der Waals surface area (Å²) >= 11 is 0. The van der Waals surface area contributed by atoms with Crippen molar-refractivity contribution in [2.45, 2.75) is 25.4 Å². The van der Waals surface area contributed by atoms with E-state index in [9.17, 15) is 9.59 Å². The van der Waals surface area contributed by atoms with Gasteiger partial charge in [0.05, 0.1) is 24.2 Å². The third kappa shape index (κ3) is 2.52. The molecule has 1 fully saturated rings. The van der Waals surface area contributed by atoms with Gasteiger partial charge in [-0.05, 0) is 19.1 Å². The first-order valence-corrected chi connectivity index (χ1v) is 6.58. The minimum atomic E-state index is -0.578. The third-order valence-electron chi connectivity index (χ3n) is 3.36. The molecule has 0 bridgehead atoms. The molecule has 0 aliphatic carbocycles. The van der Waals surface area contributed by atoms with E-state index in [1.165, 1.54) is 4.90 Å². The molecule has 1 aliphatic heterocycles. The fourth-order valence-corrected chi connectivity index (χ4v) is 2.34. The average Bonchev–Trinajstić information content (AvgIpc) is 3.09. The van der Waals surface area contributed by atoms with Gasteiger partial charge in [0.2, 0.25) is 5.91 Å². The number of H-pyrrole nitrogens is 1. The second-order valence-corrected chi connectivity index (χ2v) is 4.82. The number of para-hydroxylation sites is 1. The van der Waals surface area contributed by atoms with Crippen molar-refractivity contribution < 1.29 is 9.59 Å². The van der Waals surface area contributed by atoms with Gasteiger partial charge in [-0.25, -0.2) is 4.90 Å². The van der Waals surface area contributed by atoms with Gasteiger partial charge in [-0.2, -0.15) is 5.21 Å². The molecule has 2 N–H and O–H groups in total. The number of hydrogen-bond donors (Lipinski definition) is 2. The standard InChI is InChI=1S/C13H14N6O2/c1-8(12-15-17-18-16-12)14-10-7-11(20)19(13(10)21)9-5-3-2-4-6-9/h2-6,8,10,14H,7H2,1H3,(H,15,16,17,18). The second-order valence-electron chi connectivity index (χ2n) is 4.82. The minimum absolute atomic E-state index is 0.121. The summed E-state index contributed by atoms with van der Waals surface area (Å²) in [6.45, 7) is 1.81. The molecular formula is C13H14N6O2. The first-order chi connectivity index (χ1) is 10.2. The van der Waals surface area contributed by atoms with E-state index in [2.05, 4.69) is 25.9 Å². The maximum absolute atomic E-state index is 12.4. The largest absolute Gasteiger partial charge is 0.296 e. The van der Waals surface area contributed by atoms with Gasteiger partial charge in [-0.15, -0.1) is 10.2 Å². The minimum Gasteiger partial charge on any atom is -0.296 e. The van der Waals surface area contributed by atoms with Crippen molar-refractivity contribution in [2.75, 3.05) is 4.90 Å². The summed E-state index contributed by atoms with van der Waals surface area (Å²) in [7, 11) is 0. The van der Waals surface area contributed by atoms with Crippen LogP contribution in [0.4, 0.5) is 5.69 Å². The van der Waals surface area contributed by atoms with E-state index in [4.69, 9.17) is 0 Å². The number of rotatable bonds is 4. The molecule has 2 amide bonds. The maximum Gasteiger partial charge on any atom is 0.251 e. The van der Waals surface area contributed by atoms with E-state index in [0.717, 1.165) is 0 Å². The molecule has 0 saturated carbocycles. The number of aromatic nitrogens is 4. The lowest BCUT2D eigenvalue weighted by Gasteiger charge is -2.17. The zero-order valence-corrected chi connectivity index (χ0v) is 11.4. The lowest BCUT2D eigenvalue weighted by Crippen LogP contribution is -2.40. The number of hydrogen-bond acceptors (Lipinski definition) is 6. The number of aromatic amines is 1. The van der Waals surface area contributed by atoms with Crippen LogP contribution in [0.3, 0.4) is 0 Å². The molecule has 1 aromatic carbocycles. The van der Waals surface area contributed by atoms with Crippen LogP contribution in [0.2, 0.25) is 0 Å². The average molecular weight is 286 g/mol. The molecule has 2 atom stereocenters. The molecule has 8 heteroatoms. The van der Waals surface area contributed by atoms with E-state index >= 15 is 0 Å². The number of nitrogens with one attached hydrogen (secondary N) is 2. The van der Waals surface area contributed by atoms with E-state index < -0.39 is 6.04 Å². The molecule has 0 radical (unpaired) electrons. The summed E-state index contributed by atoms with van der Waals surface area (Å²) < 4.78 is 0. The maximum atomic E-state index is 12.4. The summed E-state index contributed by atoms with van der Waals surface area (Å²) in [5.74, 6) is -0.0287. The Morgan fingerprint density at radius 2 is 2.10 bits per heavy atom. The topological polar surface area (TPSA) is 104 Å². The Kier molecular flexibility index (Phi) is 3.44. The number of benzene rings is 1. The Labute approximate surface area is 120 Å². The van der Waals surface area contributed by atoms with Gasteiger partial charge in [-0.3, -0.25) is 14.9 Å². The zero-order valence-electron chi connectivity index (χ0n) is 11.4. The normalized spacial score (nSPS) is 20.0. The molecule has 8 nitrogen and oxygen atoms in total. The van der Waals surface area contributed by atoms with E-state index in [1.54, 1.807) is 24.3 Å². The van der Waals surface area contributed by atoms with Crippen molar-refractivity contribution in [2.24, 2.45) is 0 Å². The molecule has 1 aliphatic rings. The molecule has 108 valence electrons. The smallest absolute Gasteiger partial charge is 0.251 e. The molecule has 1 saturated heterocycles. The van der Waals surface area contributed by atoms with Crippen LogP contribution < -0.4 is 10.2 Å². The summed E-state index contributed by atoms with van der Waals surface area (Å²) in [6, 6.07) is 8.04. The van der Waals surface area contributed by atoms with E-state index in [0.29, 0.717) is 11.5 Å². The Morgan fingerprint density at radius 3 is 2.76 bits per heavy atom. The molecule has 3 rings (SSSR count). The van der Waals surface area contributed by atoms with E-state index in [-0.39, 0.29) is 24.3 Å². The van der Waals surface area contributed by atoms with Crippen LogP contribution in [0.25, 0.3) is 0 Å². The lowest BCUT2D eigenvalue weighted by molar-refractivity contribution is -0.121. The van der Waals surface area contributed by atoms with Crippen LogP contribution in [0.1, 0.15) is 25.2 Å². The number of carbonyl (C=O) groups excluding carboxylic acids is 2. The molecular weight excluding hydrogens is 272 g/mol. The first kappa shape index (κ1) is 13.4. The SMILES string of the molecule is CC(NC1CC(=O)N(c2ccccc2)C1=O)c1nn[nH]n1. The van der Waals surface area contributed by atoms with Crippen molar-refractivity contribution in [3.05, 3.63) is 36.2 Å². The summed E-state index contributed by atoms with van der Waals surface area (Å²) in [6.07, 6.45) is 0.121. The predicted molar refractivity (Wildman–Crippen MR) is 73.1 cm³/mol. The Bertz CT molecular complexity index is 642. The van der Waals surface area contributed by atoms with Gasteiger partial charge in [0.25, 0.3) is 5.91 Å². The number of tetrazole rings is 1. The summed E-state index contributed by atoms with van der Waals surface area (Å²) in [5, 5.41) is 16.6. The summed E-state index contributed by atoms with van der Waals surface area (Å²) in [5.41, 5.74) is 0.587. The number of imide groups is 1. The number of carbonyl (C=O) groups is 2.